The molecule has 0 saturated heterocycles. The summed E-state index contributed by atoms with van der Waals surface area (Å²) in [7, 11) is 0. The van der Waals surface area contributed by atoms with Crippen LogP contribution in [0.1, 0.15) is 18.4 Å². The number of nitrogens with one attached hydrogen (secondary N) is 2. The minimum Gasteiger partial charge on any atom is -0.355 e. The van der Waals surface area contributed by atoms with Crippen LogP contribution in [0.4, 0.5) is 18.9 Å². The van der Waals surface area contributed by atoms with Crippen LogP contribution in [-0.2, 0) is 15.8 Å². The first kappa shape index (κ1) is 17.4. The lowest BCUT2D eigenvalue weighted by Crippen LogP contribution is -2.26. The minimum atomic E-state index is -4.46. The standard InChI is InChI=1S/C13H15F3N2O2S/c14-13(15,16)9-2-1-3-10(8-9)18-12(20)5-4-11(19)17-6-7-21/h1-3,8,21H,4-7H2,(H,17,19)(H,18,20). The van der Waals surface area contributed by atoms with Gasteiger partial charge in [0.25, 0.3) is 0 Å². The van der Waals surface area contributed by atoms with E-state index in [4.69, 9.17) is 0 Å². The van der Waals surface area contributed by atoms with Crippen LogP contribution in [-0.4, -0.2) is 24.1 Å². The third kappa shape index (κ3) is 6.52. The molecule has 0 aliphatic heterocycles. The van der Waals surface area contributed by atoms with E-state index in [9.17, 15) is 22.8 Å². The van der Waals surface area contributed by atoms with Crippen LogP contribution >= 0.6 is 12.6 Å². The fraction of sp³-hybridized carbons (Fsp3) is 0.385. The zero-order valence-corrected chi connectivity index (χ0v) is 11.9. The second-order valence-electron chi connectivity index (χ2n) is 4.20. The lowest BCUT2D eigenvalue weighted by Gasteiger charge is -2.10. The van der Waals surface area contributed by atoms with Gasteiger partial charge in [-0.2, -0.15) is 25.8 Å². The van der Waals surface area contributed by atoms with Gasteiger partial charge < -0.3 is 10.6 Å². The molecule has 2 N–H and O–H groups in total. The van der Waals surface area contributed by atoms with Gasteiger partial charge >= 0.3 is 6.18 Å². The Morgan fingerprint density at radius 1 is 1.14 bits per heavy atom. The molecule has 1 aromatic rings. The molecule has 116 valence electrons. The Balaban J connectivity index is 2.50. The summed E-state index contributed by atoms with van der Waals surface area (Å²) < 4.78 is 37.5. The van der Waals surface area contributed by atoms with E-state index in [-0.39, 0.29) is 24.4 Å². The molecule has 8 heteroatoms. The van der Waals surface area contributed by atoms with Crippen molar-refractivity contribution in [2.24, 2.45) is 0 Å². The number of thiol groups is 1. The van der Waals surface area contributed by atoms with E-state index in [1.165, 1.54) is 12.1 Å². The van der Waals surface area contributed by atoms with Crippen molar-refractivity contribution in [1.82, 2.24) is 5.32 Å². The van der Waals surface area contributed by atoms with Crippen molar-refractivity contribution in [2.45, 2.75) is 19.0 Å². The molecular weight excluding hydrogens is 305 g/mol. The molecule has 0 unspecified atom stereocenters. The smallest absolute Gasteiger partial charge is 0.355 e. The molecule has 0 spiro atoms. The quantitative estimate of drug-likeness (QED) is 0.705. The predicted molar refractivity (Wildman–Crippen MR) is 76.2 cm³/mol. The van der Waals surface area contributed by atoms with Gasteiger partial charge in [-0.1, -0.05) is 6.07 Å². The summed E-state index contributed by atoms with van der Waals surface area (Å²) in [5.41, 5.74) is -0.794. The molecule has 0 aliphatic rings. The number of hydrogen-bond acceptors (Lipinski definition) is 3. The maximum Gasteiger partial charge on any atom is 0.416 e. The molecular formula is C13H15F3N2O2S. The lowest BCUT2D eigenvalue weighted by molar-refractivity contribution is -0.137. The Morgan fingerprint density at radius 2 is 1.81 bits per heavy atom. The first-order valence-corrected chi connectivity index (χ1v) is 6.81. The molecule has 0 fully saturated rings. The molecule has 1 rings (SSSR count). The number of anilines is 1. The zero-order chi connectivity index (χ0) is 15.9. The van der Waals surface area contributed by atoms with Gasteiger partial charge in [-0.05, 0) is 18.2 Å². The van der Waals surface area contributed by atoms with Gasteiger partial charge in [0.05, 0.1) is 5.56 Å². The van der Waals surface area contributed by atoms with E-state index in [2.05, 4.69) is 23.3 Å². The summed E-state index contributed by atoms with van der Waals surface area (Å²) in [6, 6.07) is 4.32. The van der Waals surface area contributed by atoms with Gasteiger partial charge in [0, 0.05) is 30.8 Å². The molecule has 0 aliphatic carbocycles. The van der Waals surface area contributed by atoms with Crippen molar-refractivity contribution >= 4 is 30.1 Å². The number of carbonyl (C=O) groups is 2. The Morgan fingerprint density at radius 3 is 2.43 bits per heavy atom. The van der Waals surface area contributed by atoms with E-state index in [1.807, 2.05) is 0 Å². The molecule has 0 radical (unpaired) electrons. The van der Waals surface area contributed by atoms with Gasteiger partial charge in [0.2, 0.25) is 11.8 Å². The largest absolute Gasteiger partial charge is 0.416 e. The average Bonchev–Trinajstić information content (AvgIpc) is 2.42. The van der Waals surface area contributed by atoms with Crippen LogP contribution in [0, 0.1) is 0 Å². The molecule has 2 amide bonds. The van der Waals surface area contributed by atoms with Crippen LogP contribution in [0.3, 0.4) is 0 Å². The van der Waals surface area contributed by atoms with Crippen LogP contribution < -0.4 is 10.6 Å². The fourth-order valence-electron chi connectivity index (χ4n) is 1.51. The van der Waals surface area contributed by atoms with Crippen LogP contribution in [0.5, 0.6) is 0 Å². The Labute approximate surface area is 125 Å². The molecule has 1 aromatic carbocycles. The molecule has 0 bridgehead atoms. The Kier molecular flexibility index (Phi) is 6.54. The topological polar surface area (TPSA) is 58.2 Å². The normalized spacial score (nSPS) is 11.0. The molecule has 0 atom stereocenters. The summed E-state index contributed by atoms with van der Waals surface area (Å²) >= 11 is 3.92. The highest BCUT2D eigenvalue weighted by Crippen LogP contribution is 2.30. The predicted octanol–water partition coefficient (Wildman–Crippen LogP) is 2.47. The first-order valence-electron chi connectivity index (χ1n) is 6.17. The number of carbonyl (C=O) groups excluding carboxylic acids is 2. The molecule has 4 nitrogen and oxygen atoms in total. The summed E-state index contributed by atoms with van der Waals surface area (Å²) in [6.07, 6.45) is -4.60. The summed E-state index contributed by atoms with van der Waals surface area (Å²) in [4.78, 5) is 22.8. The van der Waals surface area contributed by atoms with Crippen LogP contribution in [0.15, 0.2) is 24.3 Å². The summed E-state index contributed by atoms with van der Waals surface area (Å²) in [5.74, 6) is -0.332. The van der Waals surface area contributed by atoms with Crippen molar-refractivity contribution in [3.05, 3.63) is 29.8 Å². The number of amides is 2. The molecule has 0 aromatic heterocycles. The highest BCUT2D eigenvalue weighted by molar-refractivity contribution is 7.80. The Bertz CT molecular complexity index is 506. The highest BCUT2D eigenvalue weighted by Gasteiger charge is 2.30. The maximum absolute atomic E-state index is 12.5. The number of halogens is 3. The van der Waals surface area contributed by atoms with E-state index >= 15 is 0 Å². The SMILES string of the molecule is O=C(CCC(=O)Nc1cccc(C(F)(F)F)c1)NCCS. The fourth-order valence-corrected chi connectivity index (χ4v) is 1.62. The number of hydrogen-bond donors (Lipinski definition) is 3. The van der Waals surface area contributed by atoms with E-state index < -0.39 is 17.6 Å². The van der Waals surface area contributed by atoms with Crippen molar-refractivity contribution < 1.29 is 22.8 Å². The van der Waals surface area contributed by atoms with Crippen molar-refractivity contribution in [3.63, 3.8) is 0 Å². The van der Waals surface area contributed by atoms with Crippen molar-refractivity contribution in [1.29, 1.82) is 0 Å². The first-order chi connectivity index (χ1) is 9.82. The van der Waals surface area contributed by atoms with E-state index in [1.54, 1.807) is 0 Å². The number of benzene rings is 1. The summed E-state index contributed by atoms with van der Waals surface area (Å²) in [5, 5.41) is 4.87. The molecule has 0 heterocycles. The third-order valence-corrected chi connectivity index (χ3v) is 2.71. The van der Waals surface area contributed by atoms with E-state index in [0.29, 0.717) is 12.3 Å². The number of rotatable bonds is 6. The van der Waals surface area contributed by atoms with Gasteiger partial charge in [-0.3, -0.25) is 9.59 Å². The van der Waals surface area contributed by atoms with Crippen LogP contribution in [0.2, 0.25) is 0 Å². The minimum absolute atomic E-state index is 0.0292. The van der Waals surface area contributed by atoms with Gasteiger partial charge in [-0.25, -0.2) is 0 Å². The Hall–Kier alpha value is -1.70. The molecule has 0 saturated carbocycles. The maximum atomic E-state index is 12.5. The second-order valence-corrected chi connectivity index (χ2v) is 4.65. The van der Waals surface area contributed by atoms with Crippen molar-refractivity contribution in [2.75, 3.05) is 17.6 Å². The molecule has 21 heavy (non-hydrogen) atoms. The van der Waals surface area contributed by atoms with Crippen molar-refractivity contribution in [3.8, 4) is 0 Å². The zero-order valence-electron chi connectivity index (χ0n) is 11.0. The lowest BCUT2D eigenvalue weighted by atomic mass is 10.2. The van der Waals surface area contributed by atoms with Gasteiger partial charge in [0.1, 0.15) is 0 Å². The average molecular weight is 320 g/mol. The summed E-state index contributed by atoms with van der Waals surface area (Å²) in [6.45, 7) is 0.400. The number of alkyl halides is 3. The highest BCUT2D eigenvalue weighted by atomic mass is 32.1. The van der Waals surface area contributed by atoms with Crippen LogP contribution in [0.25, 0.3) is 0 Å². The van der Waals surface area contributed by atoms with E-state index in [0.717, 1.165) is 12.1 Å². The monoisotopic (exact) mass is 320 g/mol. The van der Waals surface area contributed by atoms with Gasteiger partial charge in [0.15, 0.2) is 0 Å². The third-order valence-electron chi connectivity index (χ3n) is 2.49. The van der Waals surface area contributed by atoms with Gasteiger partial charge in [-0.15, -0.1) is 0 Å². The second kappa shape index (κ2) is 7.92.